The van der Waals surface area contributed by atoms with Crippen molar-refractivity contribution in [2.75, 3.05) is 27.2 Å². The van der Waals surface area contributed by atoms with Gasteiger partial charge in [0.05, 0.1) is 0 Å². The highest BCUT2D eigenvalue weighted by Gasteiger charge is 2.17. The van der Waals surface area contributed by atoms with Crippen LogP contribution in [0, 0.1) is 11.8 Å². The molecule has 2 nitrogen and oxygen atoms in total. The zero-order valence-corrected chi connectivity index (χ0v) is 12.2. The number of hydrogen-bond donors (Lipinski definition) is 1. The molecule has 0 saturated heterocycles. The molecule has 0 spiro atoms. The lowest BCUT2D eigenvalue weighted by atomic mass is 9.94. The van der Waals surface area contributed by atoms with Crippen molar-refractivity contribution >= 4 is 0 Å². The molecule has 0 atom stereocenters. The van der Waals surface area contributed by atoms with Gasteiger partial charge in [-0.05, 0) is 58.3 Å². The summed E-state index contributed by atoms with van der Waals surface area (Å²) in [5.41, 5.74) is 0. The van der Waals surface area contributed by atoms with Gasteiger partial charge >= 0.3 is 0 Å². The molecule has 0 rings (SSSR count). The quantitative estimate of drug-likeness (QED) is 0.610. The van der Waals surface area contributed by atoms with Gasteiger partial charge in [0.15, 0.2) is 0 Å². The summed E-state index contributed by atoms with van der Waals surface area (Å²) < 4.78 is 0. The molecule has 16 heavy (non-hydrogen) atoms. The number of nitrogens with zero attached hydrogens (tertiary/aromatic N) is 1. The minimum Gasteiger partial charge on any atom is -0.320 e. The van der Waals surface area contributed by atoms with E-state index in [-0.39, 0.29) is 0 Å². The molecular weight excluding hydrogens is 196 g/mol. The fraction of sp³-hybridized carbons (Fsp3) is 1.00. The largest absolute Gasteiger partial charge is 0.320 e. The average Bonchev–Trinajstić information content (AvgIpc) is 2.15. The van der Waals surface area contributed by atoms with Gasteiger partial charge in [0.25, 0.3) is 0 Å². The van der Waals surface area contributed by atoms with Crippen LogP contribution in [0.1, 0.15) is 47.0 Å². The van der Waals surface area contributed by atoms with E-state index >= 15 is 0 Å². The predicted molar refractivity (Wildman–Crippen MR) is 73.9 cm³/mol. The molecule has 0 radical (unpaired) electrons. The highest BCUT2D eigenvalue weighted by atomic mass is 15.1. The zero-order chi connectivity index (χ0) is 12.6. The normalized spacial score (nSPS) is 12.4. The van der Waals surface area contributed by atoms with Crippen LogP contribution in [0.2, 0.25) is 0 Å². The van der Waals surface area contributed by atoms with Crippen molar-refractivity contribution in [3.63, 3.8) is 0 Å². The van der Waals surface area contributed by atoms with E-state index in [0.717, 1.165) is 24.4 Å². The van der Waals surface area contributed by atoms with Crippen molar-refractivity contribution in [1.82, 2.24) is 10.2 Å². The lowest BCUT2D eigenvalue weighted by Crippen LogP contribution is -2.35. The van der Waals surface area contributed by atoms with Crippen LogP contribution in [0.4, 0.5) is 0 Å². The molecule has 0 aromatic heterocycles. The van der Waals surface area contributed by atoms with E-state index in [0.29, 0.717) is 0 Å². The van der Waals surface area contributed by atoms with Crippen LogP contribution in [-0.4, -0.2) is 38.1 Å². The second kappa shape index (κ2) is 9.00. The Bertz CT molecular complexity index is 145. The summed E-state index contributed by atoms with van der Waals surface area (Å²) in [5, 5.41) is 3.22. The lowest BCUT2D eigenvalue weighted by Gasteiger charge is -2.31. The molecule has 2 heteroatoms. The molecule has 1 N–H and O–H groups in total. The zero-order valence-electron chi connectivity index (χ0n) is 12.2. The lowest BCUT2D eigenvalue weighted by molar-refractivity contribution is 0.184. The van der Waals surface area contributed by atoms with E-state index in [1.54, 1.807) is 0 Å². The molecule has 0 unspecified atom stereocenters. The van der Waals surface area contributed by atoms with Gasteiger partial charge < -0.3 is 10.2 Å². The highest BCUT2D eigenvalue weighted by Crippen LogP contribution is 2.18. The monoisotopic (exact) mass is 228 g/mol. The van der Waals surface area contributed by atoms with Crippen LogP contribution in [0.5, 0.6) is 0 Å². The number of hydrogen-bond acceptors (Lipinski definition) is 2. The smallest absolute Gasteiger partial charge is 0.00970 e. The molecule has 0 heterocycles. The first-order valence-electron chi connectivity index (χ1n) is 6.82. The maximum Gasteiger partial charge on any atom is 0.00970 e. The molecule has 0 aliphatic rings. The molecule has 0 aliphatic heterocycles. The van der Waals surface area contributed by atoms with Crippen LogP contribution in [0.3, 0.4) is 0 Å². The van der Waals surface area contributed by atoms with Crippen molar-refractivity contribution in [2.45, 2.75) is 53.0 Å². The SMILES string of the molecule is CNCCCN(C)C(CC(C)C)CC(C)C. The third-order valence-electron chi connectivity index (χ3n) is 3.05. The molecule has 0 aliphatic carbocycles. The Labute approximate surface area is 103 Å². The van der Waals surface area contributed by atoms with Crippen molar-refractivity contribution < 1.29 is 0 Å². The third kappa shape index (κ3) is 8.12. The molecule has 98 valence electrons. The fourth-order valence-corrected chi connectivity index (χ4v) is 2.23. The summed E-state index contributed by atoms with van der Waals surface area (Å²) in [4.78, 5) is 2.55. The van der Waals surface area contributed by atoms with Crippen molar-refractivity contribution in [2.24, 2.45) is 11.8 Å². The second-order valence-electron chi connectivity index (χ2n) is 5.85. The Morgan fingerprint density at radius 2 is 1.50 bits per heavy atom. The summed E-state index contributed by atoms with van der Waals surface area (Å²) in [6.07, 6.45) is 3.90. The van der Waals surface area contributed by atoms with E-state index in [1.165, 1.54) is 25.8 Å². The standard InChI is InChI=1S/C14H32N2/c1-12(2)10-14(11-13(3)4)16(6)9-7-8-15-5/h12-15H,7-11H2,1-6H3. The maximum absolute atomic E-state index is 3.22. The van der Waals surface area contributed by atoms with Crippen molar-refractivity contribution in [3.8, 4) is 0 Å². The van der Waals surface area contributed by atoms with Gasteiger partial charge in [-0.1, -0.05) is 27.7 Å². The summed E-state index contributed by atoms with van der Waals surface area (Å²) in [7, 11) is 4.31. The Balaban J connectivity index is 4.04. The van der Waals surface area contributed by atoms with E-state index < -0.39 is 0 Å². The highest BCUT2D eigenvalue weighted by molar-refractivity contribution is 4.72. The summed E-state index contributed by atoms with van der Waals surface area (Å²) in [6.45, 7) is 11.7. The molecule has 0 saturated carbocycles. The molecular formula is C14H32N2. The van der Waals surface area contributed by atoms with E-state index in [2.05, 4.69) is 45.0 Å². The Morgan fingerprint density at radius 3 is 1.88 bits per heavy atom. The van der Waals surface area contributed by atoms with Gasteiger partial charge in [-0.3, -0.25) is 0 Å². The summed E-state index contributed by atoms with van der Waals surface area (Å²) in [6, 6.07) is 0.761. The molecule has 0 bridgehead atoms. The van der Waals surface area contributed by atoms with Crippen LogP contribution in [0.25, 0.3) is 0 Å². The minimum atomic E-state index is 0.761. The minimum absolute atomic E-state index is 0.761. The predicted octanol–water partition coefficient (Wildman–Crippen LogP) is 2.99. The molecule has 0 fully saturated rings. The Morgan fingerprint density at radius 1 is 1.00 bits per heavy atom. The Hall–Kier alpha value is -0.0800. The first kappa shape index (κ1) is 15.9. The van der Waals surface area contributed by atoms with Gasteiger partial charge in [0, 0.05) is 6.04 Å². The molecule has 0 amide bonds. The summed E-state index contributed by atoms with van der Waals surface area (Å²) >= 11 is 0. The van der Waals surface area contributed by atoms with Gasteiger partial charge in [0.1, 0.15) is 0 Å². The summed E-state index contributed by atoms with van der Waals surface area (Å²) in [5.74, 6) is 1.60. The first-order valence-corrected chi connectivity index (χ1v) is 6.82. The van der Waals surface area contributed by atoms with Gasteiger partial charge in [-0.25, -0.2) is 0 Å². The number of rotatable bonds is 9. The van der Waals surface area contributed by atoms with Crippen LogP contribution in [0.15, 0.2) is 0 Å². The molecule has 0 aromatic carbocycles. The van der Waals surface area contributed by atoms with Crippen molar-refractivity contribution in [1.29, 1.82) is 0 Å². The van der Waals surface area contributed by atoms with Crippen LogP contribution in [-0.2, 0) is 0 Å². The topological polar surface area (TPSA) is 15.3 Å². The first-order chi connectivity index (χ1) is 7.47. The third-order valence-corrected chi connectivity index (χ3v) is 3.05. The van der Waals surface area contributed by atoms with Crippen LogP contribution < -0.4 is 5.32 Å². The van der Waals surface area contributed by atoms with Crippen molar-refractivity contribution in [3.05, 3.63) is 0 Å². The maximum atomic E-state index is 3.22. The van der Waals surface area contributed by atoms with E-state index in [4.69, 9.17) is 0 Å². The van der Waals surface area contributed by atoms with Gasteiger partial charge in [-0.15, -0.1) is 0 Å². The second-order valence-corrected chi connectivity index (χ2v) is 5.85. The van der Waals surface area contributed by atoms with E-state index in [1.807, 2.05) is 7.05 Å². The fourth-order valence-electron chi connectivity index (χ4n) is 2.23. The average molecular weight is 228 g/mol. The Kier molecular flexibility index (Phi) is 8.96. The van der Waals surface area contributed by atoms with Gasteiger partial charge in [-0.2, -0.15) is 0 Å². The molecule has 0 aromatic rings. The van der Waals surface area contributed by atoms with Gasteiger partial charge in [0.2, 0.25) is 0 Å². The number of nitrogens with one attached hydrogen (secondary N) is 1. The van der Waals surface area contributed by atoms with Crippen LogP contribution >= 0.6 is 0 Å². The van der Waals surface area contributed by atoms with E-state index in [9.17, 15) is 0 Å².